The van der Waals surface area contributed by atoms with E-state index in [-0.39, 0.29) is 6.61 Å². The van der Waals surface area contributed by atoms with E-state index in [1.165, 1.54) is 11.8 Å². The van der Waals surface area contributed by atoms with Crippen LogP contribution in [0.5, 0.6) is 5.88 Å². The van der Waals surface area contributed by atoms with Gasteiger partial charge in [0, 0.05) is 22.4 Å². The zero-order valence-corrected chi connectivity index (χ0v) is 15.3. The summed E-state index contributed by atoms with van der Waals surface area (Å²) in [7, 11) is 0. The minimum atomic E-state index is -1.50. The Kier molecular flexibility index (Phi) is 5.31. The van der Waals surface area contributed by atoms with Gasteiger partial charge in [-0.2, -0.15) is 0 Å². The molecule has 0 radical (unpaired) electrons. The Bertz CT molecular complexity index is 861. The number of benzene rings is 1. The Labute approximate surface area is 154 Å². The Balaban J connectivity index is 1.89. The summed E-state index contributed by atoms with van der Waals surface area (Å²) < 4.78 is 19.7. The van der Waals surface area contributed by atoms with Gasteiger partial charge in [0.2, 0.25) is 11.8 Å². The summed E-state index contributed by atoms with van der Waals surface area (Å²) in [6.45, 7) is 1.97. The molecule has 3 N–H and O–H groups in total. The van der Waals surface area contributed by atoms with Crippen molar-refractivity contribution < 1.29 is 18.7 Å². The Hall–Kier alpha value is -2.35. The number of ether oxygens (including phenoxy) is 1. The molecule has 0 bridgehead atoms. The number of carbonyl (C=O) groups excluding carboxylic acids is 2. The fourth-order valence-electron chi connectivity index (χ4n) is 3.24. The molecule has 3 rings (SSSR count). The fraction of sp³-hybridized carbons (Fsp3) is 0.389. The van der Waals surface area contributed by atoms with E-state index in [4.69, 9.17) is 10.5 Å². The van der Waals surface area contributed by atoms with Gasteiger partial charge in [-0.05, 0) is 36.3 Å². The minimum Gasteiger partial charge on any atom is -0.475 e. The molecule has 1 aromatic carbocycles. The predicted octanol–water partition coefficient (Wildman–Crippen LogP) is 2.30. The molecule has 8 heteroatoms. The topological polar surface area (TPSA) is 94.3 Å². The molecular weight excluding hydrogens is 357 g/mol. The lowest BCUT2D eigenvalue weighted by Crippen LogP contribution is -2.34. The van der Waals surface area contributed by atoms with Gasteiger partial charge >= 0.3 is 0 Å². The second-order valence-corrected chi connectivity index (χ2v) is 7.00. The minimum absolute atomic E-state index is 0.128. The number of hydrogen-bond acceptors (Lipinski definition) is 5. The van der Waals surface area contributed by atoms with Crippen molar-refractivity contribution in [3.05, 3.63) is 30.0 Å². The first kappa shape index (κ1) is 18.4. The van der Waals surface area contributed by atoms with Gasteiger partial charge in [-0.15, -0.1) is 11.8 Å². The van der Waals surface area contributed by atoms with E-state index in [9.17, 15) is 14.0 Å². The molecule has 1 saturated heterocycles. The number of alkyl halides is 1. The second kappa shape index (κ2) is 7.49. The SMILES string of the molecule is CC[C@H]1[C@@H](COc2nccc3cc(C(N)=O)c(SC)cc23)NC(=O)[C@@H]1F. The molecule has 6 nitrogen and oxygen atoms in total. The second-order valence-electron chi connectivity index (χ2n) is 6.15. The molecule has 0 unspecified atom stereocenters. The number of halogens is 1. The first-order valence-electron chi connectivity index (χ1n) is 8.30. The number of thioether (sulfide) groups is 1. The summed E-state index contributed by atoms with van der Waals surface area (Å²) in [6.07, 6.45) is 2.46. The van der Waals surface area contributed by atoms with Gasteiger partial charge in [0.05, 0.1) is 11.6 Å². The highest BCUT2D eigenvalue weighted by atomic mass is 32.2. The van der Waals surface area contributed by atoms with Gasteiger partial charge in [0.15, 0.2) is 6.17 Å². The van der Waals surface area contributed by atoms with Crippen molar-refractivity contribution in [2.45, 2.75) is 30.5 Å². The summed E-state index contributed by atoms with van der Waals surface area (Å²) in [6, 6.07) is 4.89. The fourth-order valence-corrected chi connectivity index (χ4v) is 3.86. The van der Waals surface area contributed by atoms with Crippen molar-refractivity contribution in [3.63, 3.8) is 0 Å². The molecule has 1 fully saturated rings. The number of amides is 2. The zero-order valence-electron chi connectivity index (χ0n) is 14.5. The molecule has 2 amide bonds. The Morgan fingerprint density at radius 3 is 2.88 bits per heavy atom. The van der Waals surface area contributed by atoms with Gasteiger partial charge in [-0.25, -0.2) is 9.37 Å². The van der Waals surface area contributed by atoms with Gasteiger partial charge in [0.25, 0.3) is 5.91 Å². The average Bonchev–Trinajstić information content (AvgIpc) is 2.91. The van der Waals surface area contributed by atoms with Crippen molar-refractivity contribution in [1.29, 1.82) is 0 Å². The normalized spacial score (nSPS) is 22.4. The molecule has 138 valence electrons. The predicted molar refractivity (Wildman–Crippen MR) is 98.1 cm³/mol. The third kappa shape index (κ3) is 3.33. The molecular formula is C18H20FN3O3S. The highest BCUT2D eigenvalue weighted by Gasteiger charge is 2.41. The first-order valence-corrected chi connectivity index (χ1v) is 9.52. The van der Waals surface area contributed by atoms with E-state index >= 15 is 0 Å². The maximum Gasteiger partial charge on any atom is 0.255 e. The number of rotatable bonds is 6. The van der Waals surface area contributed by atoms with Crippen LogP contribution in [0.2, 0.25) is 0 Å². The summed E-state index contributed by atoms with van der Waals surface area (Å²) in [4.78, 5) is 28.2. The van der Waals surface area contributed by atoms with Crippen LogP contribution in [-0.4, -0.2) is 41.9 Å². The molecule has 1 aliphatic rings. The lowest BCUT2D eigenvalue weighted by molar-refractivity contribution is -0.123. The number of carbonyl (C=O) groups is 2. The van der Waals surface area contributed by atoms with Crippen LogP contribution in [0.15, 0.2) is 29.3 Å². The summed E-state index contributed by atoms with van der Waals surface area (Å²) in [5.74, 6) is -1.13. The molecule has 3 atom stereocenters. The lowest BCUT2D eigenvalue weighted by Gasteiger charge is -2.19. The van der Waals surface area contributed by atoms with E-state index in [2.05, 4.69) is 10.3 Å². The maximum absolute atomic E-state index is 13.9. The van der Waals surface area contributed by atoms with E-state index in [1.54, 1.807) is 18.3 Å². The number of nitrogens with one attached hydrogen (secondary N) is 1. The molecule has 1 aromatic heterocycles. The van der Waals surface area contributed by atoms with Crippen LogP contribution < -0.4 is 15.8 Å². The van der Waals surface area contributed by atoms with Gasteiger partial charge in [0.1, 0.15) is 6.61 Å². The van der Waals surface area contributed by atoms with Crippen molar-refractivity contribution in [3.8, 4) is 5.88 Å². The van der Waals surface area contributed by atoms with Gasteiger partial charge in [-0.1, -0.05) is 6.92 Å². The standard InChI is InChI=1S/C18H20FN3O3S/c1-3-10-13(22-17(24)15(10)19)8-25-18-11-7-14(26-2)12(16(20)23)6-9(11)4-5-21-18/h4-7,10,13,15H,3,8H2,1-2H3,(H2,20,23)(H,22,24)/t10-,13+,15+/m0/s1. The number of aromatic nitrogens is 1. The largest absolute Gasteiger partial charge is 0.475 e. The van der Waals surface area contributed by atoms with Crippen LogP contribution in [0.1, 0.15) is 23.7 Å². The van der Waals surface area contributed by atoms with E-state index in [0.29, 0.717) is 17.9 Å². The van der Waals surface area contributed by atoms with Crippen molar-refractivity contribution in [1.82, 2.24) is 10.3 Å². The monoisotopic (exact) mass is 377 g/mol. The molecule has 1 aliphatic heterocycles. The van der Waals surface area contributed by atoms with Crippen molar-refractivity contribution in [2.75, 3.05) is 12.9 Å². The number of hydrogen-bond donors (Lipinski definition) is 2. The van der Waals surface area contributed by atoms with Crippen LogP contribution in [0.4, 0.5) is 4.39 Å². The van der Waals surface area contributed by atoms with E-state index in [0.717, 1.165) is 15.7 Å². The average molecular weight is 377 g/mol. The van der Waals surface area contributed by atoms with Crippen LogP contribution in [0.3, 0.4) is 0 Å². The number of nitrogens with zero attached hydrogens (tertiary/aromatic N) is 1. The van der Waals surface area contributed by atoms with Gasteiger partial charge < -0.3 is 15.8 Å². The maximum atomic E-state index is 13.9. The highest BCUT2D eigenvalue weighted by Crippen LogP contribution is 2.31. The third-order valence-electron chi connectivity index (χ3n) is 4.66. The number of pyridine rings is 1. The van der Waals surface area contributed by atoms with Gasteiger partial charge in [-0.3, -0.25) is 9.59 Å². The molecule has 2 heterocycles. The molecule has 0 saturated carbocycles. The van der Waals surface area contributed by atoms with Crippen molar-refractivity contribution in [2.24, 2.45) is 11.7 Å². The summed E-state index contributed by atoms with van der Waals surface area (Å²) in [5.41, 5.74) is 5.88. The van der Waals surface area contributed by atoms with E-state index < -0.39 is 29.9 Å². The first-order chi connectivity index (χ1) is 12.5. The summed E-state index contributed by atoms with van der Waals surface area (Å²) >= 11 is 1.40. The number of nitrogens with two attached hydrogens (primary N) is 1. The van der Waals surface area contributed by atoms with Crippen LogP contribution >= 0.6 is 11.8 Å². The summed E-state index contributed by atoms with van der Waals surface area (Å²) in [5, 5.41) is 4.14. The molecule has 2 aromatic rings. The molecule has 0 aliphatic carbocycles. The Morgan fingerprint density at radius 1 is 1.46 bits per heavy atom. The van der Waals surface area contributed by atoms with Crippen molar-refractivity contribution >= 4 is 34.3 Å². The number of primary amides is 1. The number of fused-ring (bicyclic) bond motifs is 1. The third-order valence-corrected chi connectivity index (χ3v) is 5.43. The molecule has 0 spiro atoms. The quantitative estimate of drug-likeness (QED) is 0.754. The highest BCUT2D eigenvalue weighted by molar-refractivity contribution is 7.98. The molecule has 26 heavy (non-hydrogen) atoms. The lowest BCUT2D eigenvalue weighted by atomic mass is 9.97. The van der Waals surface area contributed by atoms with E-state index in [1.807, 2.05) is 19.2 Å². The Morgan fingerprint density at radius 2 is 2.23 bits per heavy atom. The zero-order chi connectivity index (χ0) is 18.8. The van der Waals surface area contributed by atoms with Crippen LogP contribution in [-0.2, 0) is 4.79 Å². The van der Waals surface area contributed by atoms with Crippen LogP contribution in [0, 0.1) is 5.92 Å². The smallest absolute Gasteiger partial charge is 0.255 e. The van der Waals surface area contributed by atoms with Crippen LogP contribution in [0.25, 0.3) is 10.8 Å².